The summed E-state index contributed by atoms with van der Waals surface area (Å²) in [5, 5.41) is 9.86. The van der Waals surface area contributed by atoms with Crippen LogP contribution >= 0.6 is 0 Å². The van der Waals surface area contributed by atoms with Crippen LogP contribution in [0.5, 0.6) is 0 Å². The van der Waals surface area contributed by atoms with E-state index >= 15 is 0 Å². The van der Waals surface area contributed by atoms with E-state index in [1.807, 2.05) is 0 Å². The first-order valence-electron chi connectivity index (χ1n) is 19.1. The van der Waals surface area contributed by atoms with Crippen molar-refractivity contribution in [1.82, 2.24) is 18.9 Å². The Balaban J connectivity index is 1.24. The molecule has 0 aliphatic heterocycles. The van der Waals surface area contributed by atoms with Crippen LogP contribution in [0.3, 0.4) is 0 Å². The van der Waals surface area contributed by atoms with Crippen LogP contribution in [0.25, 0.3) is 110 Å². The van der Waals surface area contributed by atoms with E-state index in [0.717, 1.165) is 49.9 Å². The lowest BCUT2D eigenvalue weighted by Crippen LogP contribution is -2.15. The summed E-state index contributed by atoms with van der Waals surface area (Å²) in [6.07, 6.45) is 0. The van der Waals surface area contributed by atoms with E-state index in [1.54, 1.807) is 0 Å². The van der Waals surface area contributed by atoms with Crippen molar-refractivity contribution in [3.63, 3.8) is 0 Å². The topological polar surface area (TPSA) is 35.1 Å². The van der Waals surface area contributed by atoms with E-state index in [1.165, 1.54) is 71.1 Å². The number of hydrogen-bond donors (Lipinski definition) is 0. The Labute approximate surface area is 315 Å². The van der Waals surface area contributed by atoms with Crippen LogP contribution in [0.4, 0.5) is 0 Å². The minimum Gasteiger partial charge on any atom is -0.308 e. The number of hydrogen-bond acceptors (Lipinski definition) is 2. The zero-order valence-corrected chi connectivity index (χ0v) is 30.3. The van der Waals surface area contributed by atoms with E-state index in [9.17, 15) is 0 Å². The molecule has 4 nitrogen and oxygen atoms in total. The average molecular weight is 701 g/mol. The molecule has 8 aromatic carbocycles. The molecule has 256 valence electrons. The molecule has 0 amide bonds. The second-order valence-corrected chi connectivity index (χ2v) is 15.7. The van der Waals surface area contributed by atoms with Gasteiger partial charge in [0.1, 0.15) is 5.69 Å². The summed E-state index contributed by atoms with van der Waals surface area (Å²) in [4.78, 5) is 11.0. The number of fused-ring (bicyclic) bond motifs is 12. The number of benzene rings is 8. The fourth-order valence-electron chi connectivity index (χ4n) is 10.4. The first-order valence-corrected chi connectivity index (χ1v) is 19.1. The SMILES string of the molecule is CC1(C)c2ccccc2-c2ccc3c(c21)c1cccc2c4cccc5c4c4c(cccc4n3c21)n5-c1nc2c(ccc3ccccc32)nc1-c1ccccc1. The molecule has 4 aromatic heterocycles. The van der Waals surface area contributed by atoms with Gasteiger partial charge in [-0.1, -0.05) is 141 Å². The summed E-state index contributed by atoms with van der Waals surface area (Å²) >= 11 is 0. The molecule has 0 atom stereocenters. The molecular formula is C51H32N4. The van der Waals surface area contributed by atoms with Gasteiger partial charge < -0.3 is 4.40 Å². The summed E-state index contributed by atoms with van der Waals surface area (Å²) in [6, 6.07) is 57.5. The normalized spacial score (nSPS) is 13.8. The Morgan fingerprint density at radius 1 is 0.473 bits per heavy atom. The minimum absolute atomic E-state index is 0.141. The summed E-state index contributed by atoms with van der Waals surface area (Å²) in [7, 11) is 0. The molecule has 0 fully saturated rings. The van der Waals surface area contributed by atoms with E-state index in [0.29, 0.717) is 0 Å². The third-order valence-electron chi connectivity index (χ3n) is 12.6. The van der Waals surface area contributed by atoms with Gasteiger partial charge in [-0.3, -0.25) is 4.57 Å². The number of rotatable bonds is 2. The molecule has 55 heavy (non-hydrogen) atoms. The van der Waals surface area contributed by atoms with E-state index < -0.39 is 0 Å². The maximum atomic E-state index is 5.62. The van der Waals surface area contributed by atoms with Crippen molar-refractivity contribution < 1.29 is 0 Å². The van der Waals surface area contributed by atoms with Crippen LogP contribution in [0.15, 0.2) is 158 Å². The van der Waals surface area contributed by atoms with Crippen molar-refractivity contribution in [3.8, 4) is 28.2 Å². The predicted molar refractivity (Wildman–Crippen MR) is 229 cm³/mol. The molecule has 0 saturated carbocycles. The van der Waals surface area contributed by atoms with Gasteiger partial charge in [-0.15, -0.1) is 0 Å². The minimum atomic E-state index is -0.141. The van der Waals surface area contributed by atoms with E-state index in [4.69, 9.17) is 9.97 Å². The monoisotopic (exact) mass is 700 g/mol. The number of aromatic nitrogens is 4. The predicted octanol–water partition coefficient (Wildman–Crippen LogP) is 13.0. The van der Waals surface area contributed by atoms with Crippen LogP contribution in [-0.4, -0.2) is 18.9 Å². The number of nitrogens with zero attached hydrogens (tertiary/aromatic N) is 4. The van der Waals surface area contributed by atoms with Gasteiger partial charge in [0.25, 0.3) is 0 Å². The molecule has 0 N–H and O–H groups in total. The highest BCUT2D eigenvalue weighted by atomic mass is 15.1. The van der Waals surface area contributed by atoms with Gasteiger partial charge in [-0.2, -0.15) is 0 Å². The molecule has 4 heteroatoms. The van der Waals surface area contributed by atoms with Crippen LogP contribution in [0.2, 0.25) is 0 Å². The number of para-hydroxylation sites is 1. The van der Waals surface area contributed by atoms with Crippen LogP contribution < -0.4 is 0 Å². The van der Waals surface area contributed by atoms with Crippen molar-refractivity contribution in [1.29, 1.82) is 0 Å². The molecule has 4 heterocycles. The Morgan fingerprint density at radius 3 is 2.07 bits per heavy atom. The van der Waals surface area contributed by atoms with Crippen molar-refractivity contribution in [2.45, 2.75) is 19.3 Å². The highest BCUT2D eigenvalue weighted by Crippen LogP contribution is 2.54. The second kappa shape index (κ2) is 10.1. The molecule has 0 radical (unpaired) electrons. The van der Waals surface area contributed by atoms with Gasteiger partial charge in [-0.05, 0) is 63.4 Å². The average Bonchev–Trinajstić information content (AvgIpc) is 3.80. The molecule has 1 aliphatic rings. The van der Waals surface area contributed by atoms with Crippen LogP contribution in [0.1, 0.15) is 25.0 Å². The van der Waals surface area contributed by atoms with Gasteiger partial charge in [0.15, 0.2) is 5.82 Å². The Bertz CT molecular complexity index is 3620. The Kier molecular flexibility index (Phi) is 5.42. The van der Waals surface area contributed by atoms with Crippen LogP contribution in [0, 0.1) is 0 Å². The van der Waals surface area contributed by atoms with Gasteiger partial charge >= 0.3 is 0 Å². The molecular weight excluding hydrogens is 669 g/mol. The third-order valence-corrected chi connectivity index (χ3v) is 12.6. The highest BCUT2D eigenvalue weighted by Gasteiger charge is 2.38. The summed E-state index contributed by atoms with van der Waals surface area (Å²) < 4.78 is 4.94. The third kappa shape index (κ3) is 3.57. The van der Waals surface area contributed by atoms with E-state index in [-0.39, 0.29) is 5.41 Å². The molecule has 1 aliphatic carbocycles. The standard InChI is InChI=1S/C51H32N4/c1-51(2)37-21-9-8-17-32(37)34-26-28-42-44(46(34)51)36-20-10-19-35-33-18-11-22-39-43(33)45-40(54(42)49(35)36)23-12-24-41(45)55(39)50-47(30-14-4-3-5-15-30)52-38-27-25-29-13-6-7-16-31(29)48(38)53-50/h3-28H,1-2H3. The summed E-state index contributed by atoms with van der Waals surface area (Å²) in [5.41, 5.74) is 15.0. The lowest BCUT2D eigenvalue weighted by Gasteiger charge is -2.22. The van der Waals surface area contributed by atoms with Crippen LogP contribution in [-0.2, 0) is 5.41 Å². The lowest BCUT2D eigenvalue weighted by molar-refractivity contribution is 0.666. The van der Waals surface area contributed by atoms with Gasteiger partial charge in [0, 0.05) is 43.3 Å². The maximum Gasteiger partial charge on any atom is 0.165 e. The van der Waals surface area contributed by atoms with Crippen molar-refractivity contribution in [3.05, 3.63) is 169 Å². The fourth-order valence-corrected chi connectivity index (χ4v) is 10.4. The van der Waals surface area contributed by atoms with Crippen molar-refractivity contribution in [2.24, 2.45) is 0 Å². The van der Waals surface area contributed by atoms with E-state index in [2.05, 4.69) is 181 Å². The largest absolute Gasteiger partial charge is 0.308 e. The quantitative estimate of drug-likeness (QED) is 0.168. The summed E-state index contributed by atoms with van der Waals surface area (Å²) in [6.45, 7) is 4.79. The molecule has 0 unspecified atom stereocenters. The van der Waals surface area contributed by atoms with Gasteiger partial charge in [0.2, 0.25) is 0 Å². The smallest absolute Gasteiger partial charge is 0.165 e. The molecule has 13 rings (SSSR count). The lowest BCUT2D eigenvalue weighted by atomic mass is 9.80. The summed E-state index contributed by atoms with van der Waals surface area (Å²) in [5.74, 6) is 0.832. The maximum absolute atomic E-state index is 5.62. The Hall–Kier alpha value is -7.04. The van der Waals surface area contributed by atoms with Gasteiger partial charge in [0.05, 0.1) is 38.6 Å². The molecule has 0 saturated heterocycles. The van der Waals surface area contributed by atoms with Gasteiger partial charge in [-0.25, -0.2) is 9.97 Å². The van der Waals surface area contributed by atoms with Crippen molar-refractivity contribution >= 4 is 81.7 Å². The van der Waals surface area contributed by atoms with Crippen molar-refractivity contribution in [2.75, 3.05) is 0 Å². The second-order valence-electron chi connectivity index (χ2n) is 15.7. The highest BCUT2D eigenvalue weighted by molar-refractivity contribution is 6.32. The Morgan fingerprint density at radius 2 is 1.16 bits per heavy atom. The molecule has 12 aromatic rings. The fraction of sp³-hybridized carbons (Fsp3) is 0.0588. The molecule has 0 bridgehead atoms. The first kappa shape index (κ1) is 29.4. The zero-order chi connectivity index (χ0) is 36.2. The first-order chi connectivity index (χ1) is 27.1. The molecule has 0 spiro atoms. The zero-order valence-electron chi connectivity index (χ0n) is 30.3.